The quantitative estimate of drug-likeness (QED) is 0.632. The third kappa shape index (κ3) is 3.00. The second-order valence-electron chi connectivity index (χ2n) is 8.68. The average Bonchev–Trinajstić information content (AvgIpc) is 3.10. The molecule has 6 nitrogen and oxygen atoms in total. The Morgan fingerprint density at radius 3 is 2.31 bits per heavy atom. The Labute approximate surface area is 170 Å². The molecular weight excluding hydrogens is 365 g/mol. The third-order valence-electron chi connectivity index (χ3n) is 6.16. The zero-order valence-electron chi connectivity index (χ0n) is 17.6. The molecule has 4 rings (SSSR count). The van der Waals surface area contributed by atoms with E-state index in [0.29, 0.717) is 5.56 Å². The largest absolute Gasteiger partial charge is 0.497 e. The summed E-state index contributed by atoms with van der Waals surface area (Å²) < 4.78 is 16.1. The van der Waals surface area contributed by atoms with Gasteiger partial charge in [-0.25, -0.2) is 0 Å². The maximum atomic E-state index is 11.8. The number of fused-ring (bicyclic) bond motifs is 1. The SMILES string of the molecule is Cc1cc2c(cc1C#N)c(B1OC(C)(C)C(C)(C)O1)cn2-c1ccc(=O)n(C)c1. The van der Waals surface area contributed by atoms with Crippen LogP contribution in [-0.2, 0) is 16.4 Å². The van der Waals surface area contributed by atoms with Crippen molar-refractivity contribution in [1.29, 1.82) is 5.26 Å². The number of aryl methyl sites for hydroxylation is 2. The van der Waals surface area contributed by atoms with Crippen LogP contribution in [0.2, 0.25) is 0 Å². The lowest BCUT2D eigenvalue weighted by molar-refractivity contribution is 0.00578. The van der Waals surface area contributed by atoms with Crippen LogP contribution in [-0.4, -0.2) is 27.5 Å². The minimum absolute atomic E-state index is 0.0701. The Kier molecular flexibility index (Phi) is 4.27. The molecule has 1 aromatic carbocycles. The van der Waals surface area contributed by atoms with Crippen LogP contribution in [0.3, 0.4) is 0 Å². The molecule has 0 N–H and O–H groups in total. The molecule has 1 aliphatic rings. The normalized spacial score (nSPS) is 17.6. The molecule has 3 heterocycles. The lowest BCUT2D eigenvalue weighted by atomic mass is 9.78. The van der Waals surface area contributed by atoms with E-state index in [-0.39, 0.29) is 5.56 Å². The van der Waals surface area contributed by atoms with Crippen LogP contribution in [0, 0.1) is 18.3 Å². The van der Waals surface area contributed by atoms with Crippen molar-refractivity contribution >= 4 is 23.5 Å². The van der Waals surface area contributed by atoms with Gasteiger partial charge in [-0.2, -0.15) is 5.26 Å². The molecule has 1 fully saturated rings. The van der Waals surface area contributed by atoms with Gasteiger partial charge in [-0.15, -0.1) is 0 Å². The van der Waals surface area contributed by atoms with E-state index >= 15 is 0 Å². The first-order chi connectivity index (χ1) is 13.5. The van der Waals surface area contributed by atoms with Crippen LogP contribution in [0.1, 0.15) is 38.8 Å². The van der Waals surface area contributed by atoms with Crippen LogP contribution < -0.4 is 11.0 Å². The topological polar surface area (TPSA) is 69.2 Å². The number of hydrogen-bond acceptors (Lipinski definition) is 4. The highest BCUT2D eigenvalue weighted by atomic mass is 16.7. The highest BCUT2D eigenvalue weighted by Gasteiger charge is 2.52. The van der Waals surface area contributed by atoms with Gasteiger partial charge in [0.2, 0.25) is 5.56 Å². The molecule has 1 saturated heterocycles. The van der Waals surface area contributed by atoms with E-state index < -0.39 is 18.3 Å². The van der Waals surface area contributed by atoms with E-state index in [1.807, 2.05) is 57.5 Å². The van der Waals surface area contributed by atoms with Crippen molar-refractivity contribution in [2.75, 3.05) is 0 Å². The van der Waals surface area contributed by atoms with E-state index in [0.717, 1.165) is 27.6 Å². The first-order valence-electron chi connectivity index (χ1n) is 9.62. The first-order valence-corrected chi connectivity index (χ1v) is 9.62. The van der Waals surface area contributed by atoms with Gasteiger partial charge in [-0.3, -0.25) is 4.79 Å². The summed E-state index contributed by atoms with van der Waals surface area (Å²) in [5.41, 5.74) is 3.16. The molecule has 0 atom stereocenters. The van der Waals surface area contributed by atoms with Gasteiger partial charge in [0.05, 0.1) is 34.0 Å². The fourth-order valence-corrected chi connectivity index (χ4v) is 3.62. The fourth-order valence-electron chi connectivity index (χ4n) is 3.62. The number of nitrogens with zero attached hydrogens (tertiary/aromatic N) is 3. The standard InChI is InChI=1S/C22H24BN3O3/c1-14-9-19-17(10-15(14)11-24)18(23-28-21(2,3)22(4,5)29-23)13-26(19)16-7-8-20(27)25(6)12-16/h7-10,12-13H,1-6H3. The van der Waals surface area contributed by atoms with Crippen LogP contribution in [0.4, 0.5) is 0 Å². The minimum Gasteiger partial charge on any atom is -0.399 e. The Hall–Kier alpha value is -2.82. The lowest BCUT2D eigenvalue weighted by Gasteiger charge is -2.32. The summed E-state index contributed by atoms with van der Waals surface area (Å²) in [6, 6.07) is 9.50. The highest BCUT2D eigenvalue weighted by molar-refractivity contribution is 6.65. The number of nitriles is 1. The predicted octanol–water partition coefficient (Wildman–Crippen LogP) is 2.81. The monoisotopic (exact) mass is 389 g/mol. The minimum atomic E-state index is -0.550. The molecule has 148 valence electrons. The van der Waals surface area contributed by atoms with E-state index in [2.05, 4.69) is 6.07 Å². The summed E-state index contributed by atoms with van der Waals surface area (Å²) in [6.07, 6.45) is 3.77. The molecule has 0 bridgehead atoms. The number of aromatic nitrogens is 2. The molecule has 0 radical (unpaired) electrons. The van der Waals surface area contributed by atoms with E-state index in [1.54, 1.807) is 29.9 Å². The van der Waals surface area contributed by atoms with Gasteiger partial charge in [-0.05, 0) is 58.4 Å². The van der Waals surface area contributed by atoms with Crippen molar-refractivity contribution in [2.45, 2.75) is 45.8 Å². The second kappa shape index (κ2) is 6.34. The van der Waals surface area contributed by atoms with Crippen molar-refractivity contribution in [3.8, 4) is 11.8 Å². The summed E-state index contributed by atoms with van der Waals surface area (Å²) in [6.45, 7) is 9.99. The molecule has 2 aromatic heterocycles. The Morgan fingerprint density at radius 2 is 1.72 bits per heavy atom. The molecule has 0 unspecified atom stereocenters. The molecule has 0 amide bonds. The maximum absolute atomic E-state index is 11.8. The van der Waals surface area contributed by atoms with Gasteiger partial charge < -0.3 is 18.4 Å². The summed E-state index contributed by atoms with van der Waals surface area (Å²) in [4.78, 5) is 11.8. The van der Waals surface area contributed by atoms with Gasteiger partial charge in [0.1, 0.15) is 0 Å². The molecule has 0 spiro atoms. The predicted molar refractivity (Wildman–Crippen MR) is 114 cm³/mol. The molecule has 29 heavy (non-hydrogen) atoms. The first kappa shape index (κ1) is 19.5. The van der Waals surface area contributed by atoms with Crippen LogP contribution in [0.15, 0.2) is 41.5 Å². The number of hydrogen-bond donors (Lipinski definition) is 0. The number of pyridine rings is 1. The van der Waals surface area contributed by atoms with Crippen LogP contribution in [0.25, 0.3) is 16.6 Å². The summed E-state index contributed by atoms with van der Waals surface area (Å²) in [5.74, 6) is 0. The average molecular weight is 389 g/mol. The number of rotatable bonds is 2. The van der Waals surface area contributed by atoms with Crippen LogP contribution in [0.5, 0.6) is 0 Å². The Balaban J connectivity index is 1.97. The lowest BCUT2D eigenvalue weighted by Crippen LogP contribution is -2.41. The molecular formula is C22H24BN3O3. The molecule has 3 aromatic rings. The second-order valence-corrected chi connectivity index (χ2v) is 8.68. The maximum Gasteiger partial charge on any atom is 0.497 e. The Bertz CT molecular complexity index is 1210. The summed E-state index contributed by atoms with van der Waals surface area (Å²) in [5, 5.41) is 10.4. The zero-order valence-corrected chi connectivity index (χ0v) is 17.6. The zero-order chi connectivity index (χ0) is 21.1. The van der Waals surface area contributed by atoms with Crippen molar-refractivity contribution in [3.63, 3.8) is 0 Å². The molecule has 0 aliphatic carbocycles. The summed E-state index contributed by atoms with van der Waals surface area (Å²) >= 11 is 0. The van der Waals surface area contributed by atoms with Gasteiger partial charge in [-0.1, -0.05) is 0 Å². The van der Waals surface area contributed by atoms with Crippen LogP contribution >= 0.6 is 0 Å². The van der Waals surface area contributed by atoms with E-state index in [4.69, 9.17) is 9.31 Å². The molecule has 1 aliphatic heterocycles. The molecule has 0 saturated carbocycles. The van der Waals surface area contributed by atoms with Gasteiger partial charge in [0.15, 0.2) is 0 Å². The third-order valence-corrected chi connectivity index (χ3v) is 6.16. The molecule has 7 heteroatoms. The number of benzene rings is 1. The van der Waals surface area contributed by atoms with E-state index in [1.165, 1.54) is 0 Å². The van der Waals surface area contributed by atoms with Crippen molar-refractivity contribution < 1.29 is 9.31 Å². The van der Waals surface area contributed by atoms with Crippen molar-refractivity contribution in [2.24, 2.45) is 7.05 Å². The smallest absolute Gasteiger partial charge is 0.399 e. The Morgan fingerprint density at radius 1 is 1.07 bits per heavy atom. The highest BCUT2D eigenvalue weighted by Crippen LogP contribution is 2.37. The van der Waals surface area contributed by atoms with Gasteiger partial charge in [0.25, 0.3) is 0 Å². The van der Waals surface area contributed by atoms with Crippen molar-refractivity contribution in [1.82, 2.24) is 9.13 Å². The van der Waals surface area contributed by atoms with Gasteiger partial charge >= 0.3 is 7.12 Å². The van der Waals surface area contributed by atoms with Crippen molar-refractivity contribution in [3.05, 3.63) is 58.1 Å². The summed E-state index contributed by atoms with van der Waals surface area (Å²) in [7, 11) is 1.18. The fraction of sp³-hybridized carbons (Fsp3) is 0.364. The van der Waals surface area contributed by atoms with E-state index in [9.17, 15) is 10.1 Å². The van der Waals surface area contributed by atoms with Gasteiger partial charge in [0, 0.05) is 36.4 Å².